The summed E-state index contributed by atoms with van der Waals surface area (Å²) >= 11 is 1.42. The van der Waals surface area contributed by atoms with E-state index in [1.165, 1.54) is 11.3 Å². The zero-order chi connectivity index (χ0) is 18.0. The molecular weight excluding hydrogens is 332 g/mol. The Balaban J connectivity index is 1.80. The van der Waals surface area contributed by atoms with E-state index in [2.05, 4.69) is 24.9 Å². The second kappa shape index (κ2) is 7.08. The normalized spacial score (nSPS) is 14.5. The van der Waals surface area contributed by atoms with Gasteiger partial charge in [0.2, 0.25) is 0 Å². The maximum Gasteiger partial charge on any atom is 0.135 e. The lowest BCUT2D eigenvalue weighted by Crippen LogP contribution is -2.28. The average molecular weight is 352 g/mol. The van der Waals surface area contributed by atoms with Crippen molar-refractivity contribution in [3.05, 3.63) is 46.0 Å². The van der Waals surface area contributed by atoms with Crippen molar-refractivity contribution < 1.29 is 5.11 Å². The second-order valence-corrected chi connectivity index (χ2v) is 7.36. The standard InChI is InChI=1S/C19H20N4OS/c1-12(2)7-8-23-10-16(24)17(18(23)21)19-22-15(11-25-19)14-5-3-13(9-20)4-6-14/h3-6,11-12,21,24H,7-8,10H2,1-2H3. The van der Waals surface area contributed by atoms with Crippen molar-refractivity contribution in [1.29, 1.82) is 10.7 Å². The summed E-state index contributed by atoms with van der Waals surface area (Å²) in [5.41, 5.74) is 2.85. The molecule has 1 aliphatic heterocycles. The lowest BCUT2D eigenvalue weighted by molar-refractivity contribution is 0.337. The van der Waals surface area contributed by atoms with Crippen LogP contribution in [-0.2, 0) is 0 Å². The number of hydrogen-bond acceptors (Lipinski definition) is 5. The molecule has 128 valence electrons. The van der Waals surface area contributed by atoms with Gasteiger partial charge in [-0.25, -0.2) is 4.98 Å². The topological polar surface area (TPSA) is 84.0 Å². The Labute approximate surface area is 151 Å². The van der Waals surface area contributed by atoms with Gasteiger partial charge in [0, 0.05) is 17.5 Å². The molecule has 0 fully saturated rings. The maximum absolute atomic E-state index is 10.3. The molecule has 0 radical (unpaired) electrons. The first-order valence-corrected chi connectivity index (χ1v) is 9.10. The molecule has 6 heteroatoms. The summed E-state index contributed by atoms with van der Waals surface area (Å²) in [4.78, 5) is 6.50. The number of nitriles is 1. The molecule has 0 saturated heterocycles. The van der Waals surface area contributed by atoms with E-state index in [4.69, 9.17) is 10.7 Å². The molecule has 25 heavy (non-hydrogen) atoms. The van der Waals surface area contributed by atoms with Crippen LogP contribution in [0.2, 0.25) is 0 Å². The Morgan fingerprint density at radius 2 is 2.08 bits per heavy atom. The second-order valence-electron chi connectivity index (χ2n) is 6.50. The highest BCUT2D eigenvalue weighted by Gasteiger charge is 2.30. The van der Waals surface area contributed by atoms with E-state index in [0.717, 1.165) is 24.2 Å². The summed E-state index contributed by atoms with van der Waals surface area (Å²) in [6.45, 7) is 5.45. The number of aliphatic hydroxyl groups is 1. The Morgan fingerprint density at radius 1 is 1.36 bits per heavy atom. The van der Waals surface area contributed by atoms with Gasteiger partial charge in [-0.1, -0.05) is 26.0 Å². The highest BCUT2D eigenvalue weighted by molar-refractivity contribution is 7.11. The van der Waals surface area contributed by atoms with Gasteiger partial charge in [0.05, 0.1) is 29.4 Å². The van der Waals surface area contributed by atoms with E-state index in [1.54, 1.807) is 12.1 Å². The van der Waals surface area contributed by atoms with Gasteiger partial charge in [-0.3, -0.25) is 5.41 Å². The van der Waals surface area contributed by atoms with Crippen molar-refractivity contribution in [2.45, 2.75) is 20.3 Å². The molecule has 0 saturated carbocycles. The third kappa shape index (κ3) is 3.57. The largest absolute Gasteiger partial charge is 0.510 e. The van der Waals surface area contributed by atoms with Crippen LogP contribution in [0.25, 0.3) is 16.8 Å². The summed E-state index contributed by atoms with van der Waals surface area (Å²) in [6.07, 6.45) is 0.983. The Hall–Kier alpha value is -2.65. The number of amidine groups is 1. The smallest absolute Gasteiger partial charge is 0.135 e. The molecule has 1 aliphatic rings. The number of nitrogens with zero attached hydrogens (tertiary/aromatic N) is 3. The van der Waals surface area contributed by atoms with Gasteiger partial charge >= 0.3 is 0 Å². The minimum Gasteiger partial charge on any atom is -0.510 e. The fourth-order valence-corrected chi connectivity index (χ4v) is 3.60. The zero-order valence-electron chi connectivity index (χ0n) is 14.3. The highest BCUT2D eigenvalue weighted by atomic mass is 32.1. The summed E-state index contributed by atoms with van der Waals surface area (Å²) in [5.74, 6) is 1.12. The van der Waals surface area contributed by atoms with E-state index in [9.17, 15) is 5.11 Å². The van der Waals surface area contributed by atoms with Crippen molar-refractivity contribution in [3.8, 4) is 17.3 Å². The third-order valence-corrected chi connectivity index (χ3v) is 5.05. The Morgan fingerprint density at radius 3 is 2.72 bits per heavy atom. The van der Waals surface area contributed by atoms with Gasteiger partial charge in [-0.15, -0.1) is 11.3 Å². The molecular formula is C19H20N4OS. The molecule has 2 heterocycles. The number of benzene rings is 1. The van der Waals surface area contributed by atoms with Crippen molar-refractivity contribution in [1.82, 2.24) is 9.88 Å². The van der Waals surface area contributed by atoms with E-state index in [1.807, 2.05) is 22.4 Å². The number of hydrogen-bond donors (Lipinski definition) is 2. The molecule has 0 unspecified atom stereocenters. The van der Waals surface area contributed by atoms with E-state index in [-0.39, 0.29) is 5.76 Å². The molecule has 1 aromatic carbocycles. The number of nitrogens with one attached hydrogen (secondary N) is 1. The SMILES string of the molecule is CC(C)CCN1CC(O)=C(c2nc(-c3ccc(C#N)cc3)cs2)C1=N. The molecule has 0 bridgehead atoms. The predicted molar refractivity (Wildman–Crippen MR) is 101 cm³/mol. The van der Waals surface area contributed by atoms with Crippen LogP contribution in [0.3, 0.4) is 0 Å². The molecule has 1 aromatic heterocycles. The van der Waals surface area contributed by atoms with Gasteiger partial charge in [0.25, 0.3) is 0 Å². The van der Waals surface area contributed by atoms with Gasteiger partial charge < -0.3 is 10.0 Å². The molecule has 0 aliphatic carbocycles. The van der Waals surface area contributed by atoms with E-state index in [0.29, 0.717) is 34.4 Å². The minimum atomic E-state index is 0.217. The fraction of sp³-hybridized carbons (Fsp3) is 0.316. The third-order valence-electron chi connectivity index (χ3n) is 4.19. The molecule has 3 rings (SSSR count). The first-order chi connectivity index (χ1) is 12.0. The van der Waals surface area contributed by atoms with Crippen LogP contribution >= 0.6 is 11.3 Å². The first-order valence-electron chi connectivity index (χ1n) is 8.22. The molecule has 5 nitrogen and oxygen atoms in total. The average Bonchev–Trinajstić information content (AvgIpc) is 3.17. The quantitative estimate of drug-likeness (QED) is 0.841. The number of aliphatic hydroxyl groups excluding tert-OH is 1. The Bertz CT molecular complexity index is 858. The Kier molecular flexibility index (Phi) is 4.86. The van der Waals surface area contributed by atoms with Crippen molar-refractivity contribution in [2.24, 2.45) is 5.92 Å². The number of rotatable bonds is 5. The summed E-state index contributed by atoms with van der Waals surface area (Å²) in [5, 5.41) is 30.2. The van der Waals surface area contributed by atoms with Gasteiger partial charge in [-0.05, 0) is 24.5 Å². The monoisotopic (exact) mass is 352 g/mol. The van der Waals surface area contributed by atoms with Crippen LogP contribution in [0.1, 0.15) is 30.8 Å². The molecule has 0 atom stereocenters. The minimum absolute atomic E-state index is 0.217. The number of aromatic nitrogens is 1. The van der Waals surface area contributed by atoms with E-state index >= 15 is 0 Å². The molecule has 0 spiro atoms. The van der Waals surface area contributed by atoms with Crippen LogP contribution in [0, 0.1) is 22.7 Å². The lowest BCUT2D eigenvalue weighted by atomic mass is 10.1. The van der Waals surface area contributed by atoms with Crippen LogP contribution in [0.15, 0.2) is 35.4 Å². The first kappa shape index (κ1) is 17.2. The number of thiazole rings is 1. The van der Waals surface area contributed by atoms with Crippen LogP contribution in [0.5, 0.6) is 0 Å². The summed E-state index contributed by atoms with van der Waals surface area (Å²) < 4.78 is 0. The van der Waals surface area contributed by atoms with Gasteiger partial charge in [0.15, 0.2) is 0 Å². The fourth-order valence-electron chi connectivity index (χ4n) is 2.70. The van der Waals surface area contributed by atoms with Crippen LogP contribution in [0.4, 0.5) is 0 Å². The molecule has 2 aromatic rings. The predicted octanol–water partition coefficient (Wildman–Crippen LogP) is 4.29. The van der Waals surface area contributed by atoms with Gasteiger partial charge in [0.1, 0.15) is 16.6 Å². The van der Waals surface area contributed by atoms with Crippen LogP contribution < -0.4 is 0 Å². The van der Waals surface area contributed by atoms with E-state index < -0.39 is 0 Å². The van der Waals surface area contributed by atoms with Crippen molar-refractivity contribution in [2.75, 3.05) is 13.1 Å². The molecule has 0 amide bonds. The molecule has 2 N–H and O–H groups in total. The summed E-state index contributed by atoms with van der Waals surface area (Å²) in [6, 6.07) is 9.34. The summed E-state index contributed by atoms with van der Waals surface area (Å²) in [7, 11) is 0. The van der Waals surface area contributed by atoms with Crippen molar-refractivity contribution >= 4 is 22.7 Å². The van der Waals surface area contributed by atoms with Crippen LogP contribution in [-0.4, -0.2) is 33.9 Å². The van der Waals surface area contributed by atoms with Crippen molar-refractivity contribution in [3.63, 3.8) is 0 Å². The lowest BCUT2D eigenvalue weighted by Gasteiger charge is -2.19. The zero-order valence-corrected chi connectivity index (χ0v) is 15.1. The maximum atomic E-state index is 10.3. The highest BCUT2D eigenvalue weighted by Crippen LogP contribution is 2.32. The van der Waals surface area contributed by atoms with Gasteiger partial charge in [-0.2, -0.15) is 5.26 Å².